The molecule has 20 heavy (non-hydrogen) atoms. The summed E-state index contributed by atoms with van der Waals surface area (Å²) in [4.78, 5) is 7.47. The van der Waals surface area contributed by atoms with Crippen molar-refractivity contribution >= 4 is 37.8 Å². The molecule has 0 fully saturated rings. The van der Waals surface area contributed by atoms with E-state index in [1.807, 2.05) is 19.1 Å². The molecule has 0 atom stereocenters. The number of hydrogen-bond acceptors (Lipinski definition) is 6. The van der Waals surface area contributed by atoms with E-state index in [4.69, 9.17) is 5.73 Å². The summed E-state index contributed by atoms with van der Waals surface area (Å²) in [6, 6.07) is 3.94. The standard InChI is InChI=1S/C12H17N3O2S3/c1-7(2)20(16,17)15-12-14-11(8(3)18-12)10-5-4-9(6-13)19-10/h4-5,7H,6,13H2,1-3H3,(H,14,15). The molecule has 0 aromatic carbocycles. The molecule has 0 spiro atoms. The van der Waals surface area contributed by atoms with Crippen LogP contribution in [0, 0.1) is 6.92 Å². The minimum Gasteiger partial charge on any atom is -0.326 e. The van der Waals surface area contributed by atoms with Crippen LogP contribution in [0.25, 0.3) is 10.6 Å². The minimum absolute atomic E-state index is 0.411. The molecule has 2 heterocycles. The predicted molar refractivity (Wildman–Crippen MR) is 85.7 cm³/mol. The maximum absolute atomic E-state index is 11.8. The van der Waals surface area contributed by atoms with Gasteiger partial charge in [0.1, 0.15) is 0 Å². The van der Waals surface area contributed by atoms with E-state index in [1.54, 1.807) is 25.2 Å². The maximum Gasteiger partial charge on any atom is 0.236 e. The molecular formula is C12H17N3O2S3. The molecule has 0 unspecified atom stereocenters. The Morgan fingerprint density at radius 3 is 2.60 bits per heavy atom. The second-order valence-electron chi connectivity index (χ2n) is 4.59. The van der Waals surface area contributed by atoms with Gasteiger partial charge in [-0.1, -0.05) is 0 Å². The van der Waals surface area contributed by atoms with Gasteiger partial charge in [-0.2, -0.15) is 0 Å². The number of nitrogens with zero attached hydrogens (tertiary/aromatic N) is 1. The lowest BCUT2D eigenvalue weighted by Crippen LogP contribution is -2.22. The van der Waals surface area contributed by atoms with Crippen LogP contribution in [0.2, 0.25) is 0 Å². The molecule has 2 aromatic heterocycles. The van der Waals surface area contributed by atoms with Crippen LogP contribution in [-0.4, -0.2) is 18.7 Å². The largest absolute Gasteiger partial charge is 0.326 e. The average molecular weight is 331 g/mol. The van der Waals surface area contributed by atoms with Gasteiger partial charge in [0.05, 0.1) is 15.8 Å². The summed E-state index contributed by atoms with van der Waals surface area (Å²) in [6.45, 7) is 5.70. The third-order valence-electron chi connectivity index (χ3n) is 2.74. The minimum atomic E-state index is -3.35. The topological polar surface area (TPSA) is 85.1 Å². The summed E-state index contributed by atoms with van der Waals surface area (Å²) in [5.41, 5.74) is 6.42. The fourth-order valence-corrected chi connectivity index (χ4v) is 4.24. The Morgan fingerprint density at radius 1 is 1.35 bits per heavy atom. The number of rotatable bonds is 5. The molecule has 0 radical (unpaired) electrons. The molecule has 5 nitrogen and oxygen atoms in total. The Labute approximate surface area is 126 Å². The molecule has 0 aliphatic heterocycles. The van der Waals surface area contributed by atoms with E-state index >= 15 is 0 Å². The van der Waals surface area contributed by atoms with Gasteiger partial charge in [0.25, 0.3) is 0 Å². The first-order valence-electron chi connectivity index (χ1n) is 6.11. The van der Waals surface area contributed by atoms with Gasteiger partial charge in [-0.3, -0.25) is 4.72 Å². The first kappa shape index (κ1) is 15.4. The van der Waals surface area contributed by atoms with Crippen LogP contribution in [0.1, 0.15) is 23.6 Å². The summed E-state index contributed by atoms with van der Waals surface area (Å²) in [5, 5.41) is -0.0744. The summed E-state index contributed by atoms with van der Waals surface area (Å²) < 4.78 is 26.2. The number of anilines is 1. The van der Waals surface area contributed by atoms with Crippen LogP contribution in [0.15, 0.2) is 12.1 Å². The fourth-order valence-electron chi connectivity index (χ4n) is 1.52. The molecular weight excluding hydrogens is 314 g/mol. The molecule has 8 heteroatoms. The zero-order valence-electron chi connectivity index (χ0n) is 11.5. The van der Waals surface area contributed by atoms with Gasteiger partial charge in [0.2, 0.25) is 10.0 Å². The molecule has 0 bridgehead atoms. The zero-order chi connectivity index (χ0) is 14.9. The van der Waals surface area contributed by atoms with Gasteiger partial charge in [-0.25, -0.2) is 13.4 Å². The average Bonchev–Trinajstić information content (AvgIpc) is 2.94. The SMILES string of the molecule is Cc1sc(NS(=O)(=O)C(C)C)nc1-c1ccc(CN)s1. The van der Waals surface area contributed by atoms with Crippen molar-refractivity contribution in [1.82, 2.24) is 4.98 Å². The van der Waals surface area contributed by atoms with Crippen molar-refractivity contribution in [2.24, 2.45) is 5.73 Å². The number of nitrogens with one attached hydrogen (secondary N) is 1. The van der Waals surface area contributed by atoms with Crippen molar-refractivity contribution in [2.45, 2.75) is 32.6 Å². The number of hydrogen-bond donors (Lipinski definition) is 2. The molecule has 0 amide bonds. The van der Waals surface area contributed by atoms with Gasteiger partial charge < -0.3 is 5.73 Å². The van der Waals surface area contributed by atoms with Crippen LogP contribution in [-0.2, 0) is 16.6 Å². The smallest absolute Gasteiger partial charge is 0.236 e. The normalized spacial score (nSPS) is 12.1. The number of thiazole rings is 1. The molecule has 0 aliphatic rings. The van der Waals surface area contributed by atoms with Crippen LogP contribution in [0.5, 0.6) is 0 Å². The molecule has 2 rings (SSSR count). The van der Waals surface area contributed by atoms with Crippen LogP contribution in [0.3, 0.4) is 0 Å². The van der Waals surface area contributed by atoms with Crippen LogP contribution < -0.4 is 10.5 Å². The summed E-state index contributed by atoms with van der Waals surface area (Å²) in [6.07, 6.45) is 0. The van der Waals surface area contributed by atoms with Crippen LogP contribution >= 0.6 is 22.7 Å². The second-order valence-corrected chi connectivity index (χ2v) is 9.20. The molecule has 110 valence electrons. The lowest BCUT2D eigenvalue weighted by Gasteiger charge is -2.07. The van der Waals surface area contributed by atoms with Gasteiger partial charge in [0, 0.05) is 16.3 Å². The molecule has 0 saturated carbocycles. The van der Waals surface area contributed by atoms with E-state index in [0.717, 1.165) is 20.3 Å². The quantitative estimate of drug-likeness (QED) is 0.882. The Kier molecular flexibility index (Phi) is 4.48. The highest BCUT2D eigenvalue weighted by atomic mass is 32.2. The van der Waals surface area contributed by atoms with Gasteiger partial charge in [-0.15, -0.1) is 22.7 Å². The van der Waals surface area contributed by atoms with E-state index in [1.165, 1.54) is 11.3 Å². The van der Waals surface area contributed by atoms with E-state index in [-0.39, 0.29) is 0 Å². The highest BCUT2D eigenvalue weighted by molar-refractivity contribution is 7.93. The Hall–Kier alpha value is -0.960. The van der Waals surface area contributed by atoms with Crippen molar-refractivity contribution < 1.29 is 8.42 Å². The van der Waals surface area contributed by atoms with Crippen molar-refractivity contribution in [3.05, 3.63) is 21.9 Å². The molecule has 0 saturated heterocycles. The number of aromatic nitrogens is 1. The van der Waals surface area contributed by atoms with Crippen molar-refractivity contribution in [3.63, 3.8) is 0 Å². The Bertz CT molecular complexity index is 701. The predicted octanol–water partition coefficient (Wildman–Crippen LogP) is 2.79. The highest BCUT2D eigenvalue weighted by Gasteiger charge is 2.19. The highest BCUT2D eigenvalue weighted by Crippen LogP contribution is 2.35. The monoisotopic (exact) mass is 331 g/mol. The fraction of sp³-hybridized carbons (Fsp3) is 0.417. The molecule has 2 aromatic rings. The van der Waals surface area contributed by atoms with Gasteiger partial charge in [0.15, 0.2) is 5.13 Å². The van der Waals surface area contributed by atoms with E-state index in [2.05, 4.69) is 9.71 Å². The first-order valence-corrected chi connectivity index (χ1v) is 9.29. The van der Waals surface area contributed by atoms with Crippen molar-refractivity contribution in [2.75, 3.05) is 4.72 Å². The summed E-state index contributed by atoms with van der Waals surface area (Å²) >= 11 is 2.92. The van der Waals surface area contributed by atoms with E-state index in [9.17, 15) is 8.42 Å². The summed E-state index contributed by atoms with van der Waals surface area (Å²) in [5.74, 6) is 0. The number of aryl methyl sites for hydroxylation is 1. The molecule has 0 aliphatic carbocycles. The second kappa shape index (κ2) is 5.80. The van der Waals surface area contributed by atoms with Crippen LogP contribution in [0.4, 0.5) is 5.13 Å². The number of thiophene rings is 1. The Balaban J connectivity index is 2.30. The van der Waals surface area contributed by atoms with Crippen molar-refractivity contribution in [3.8, 4) is 10.6 Å². The van der Waals surface area contributed by atoms with Gasteiger partial charge >= 0.3 is 0 Å². The summed E-state index contributed by atoms with van der Waals surface area (Å²) in [7, 11) is -3.35. The lowest BCUT2D eigenvalue weighted by molar-refractivity contribution is 0.593. The lowest BCUT2D eigenvalue weighted by atomic mass is 10.3. The third-order valence-corrected chi connectivity index (χ3v) is 6.59. The Morgan fingerprint density at radius 2 is 2.05 bits per heavy atom. The van der Waals surface area contributed by atoms with Crippen molar-refractivity contribution in [1.29, 1.82) is 0 Å². The number of nitrogens with two attached hydrogens (primary N) is 1. The molecule has 3 N–H and O–H groups in total. The first-order chi connectivity index (χ1) is 9.33. The maximum atomic E-state index is 11.8. The number of sulfonamides is 1. The third kappa shape index (κ3) is 3.20. The zero-order valence-corrected chi connectivity index (χ0v) is 14.0. The van der Waals surface area contributed by atoms with E-state index in [0.29, 0.717) is 11.7 Å². The van der Waals surface area contributed by atoms with Gasteiger partial charge in [-0.05, 0) is 32.9 Å². The van der Waals surface area contributed by atoms with E-state index < -0.39 is 15.3 Å².